The Morgan fingerprint density at radius 1 is 1.00 bits per heavy atom. The van der Waals surface area contributed by atoms with Crippen molar-refractivity contribution < 1.29 is 8.85 Å². The standard InChI is InChI=1S/C6H14OSi.C4H8OSi/c1-8(2)6-4-3-5-7-8;1-2-4-6-5-3-1/h3-6H2,1-2H3;1-4H2. The Bertz CT molecular complexity index is 128. The fraction of sp³-hybridized carbons (Fsp3) is 1.00. The van der Waals surface area contributed by atoms with Crippen LogP contribution >= 0.6 is 0 Å². The molecule has 0 aromatic carbocycles. The molecule has 0 spiro atoms. The maximum atomic E-state index is 5.60. The van der Waals surface area contributed by atoms with Gasteiger partial charge in [-0.15, -0.1) is 0 Å². The van der Waals surface area contributed by atoms with Crippen molar-refractivity contribution in [2.24, 2.45) is 0 Å². The van der Waals surface area contributed by atoms with Gasteiger partial charge in [0.05, 0.1) is 0 Å². The molecule has 0 aliphatic carbocycles. The van der Waals surface area contributed by atoms with E-state index in [0.717, 1.165) is 23.0 Å². The summed E-state index contributed by atoms with van der Waals surface area (Å²) in [6, 6.07) is 2.67. The molecule has 2 fully saturated rings. The molecule has 14 heavy (non-hydrogen) atoms. The molecule has 2 radical (unpaired) electrons. The highest BCUT2D eigenvalue weighted by atomic mass is 28.4. The Morgan fingerprint density at radius 3 is 2.00 bits per heavy atom. The van der Waals surface area contributed by atoms with Gasteiger partial charge in [-0.3, -0.25) is 0 Å². The van der Waals surface area contributed by atoms with Crippen LogP contribution in [-0.2, 0) is 8.85 Å². The van der Waals surface area contributed by atoms with Gasteiger partial charge in [0.25, 0.3) is 0 Å². The van der Waals surface area contributed by atoms with Crippen LogP contribution in [0.1, 0.15) is 25.7 Å². The van der Waals surface area contributed by atoms with Gasteiger partial charge in [-0.2, -0.15) is 0 Å². The van der Waals surface area contributed by atoms with Crippen molar-refractivity contribution in [2.75, 3.05) is 13.2 Å². The van der Waals surface area contributed by atoms with Crippen molar-refractivity contribution in [1.82, 2.24) is 0 Å². The first-order chi connectivity index (χ1) is 6.71. The summed E-state index contributed by atoms with van der Waals surface area (Å²) in [5.74, 6) is 0. The van der Waals surface area contributed by atoms with Crippen molar-refractivity contribution >= 4 is 18.1 Å². The fourth-order valence-corrected chi connectivity index (χ4v) is 4.36. The number of hydrogen-bond donors (Lipinski definition) is 0. The van der Waals surface area contributed by atoms with Crippen molar-refractivity contribution in [3.05, 3.63) is 0 Å². The van der Waals surface area contributed by atoms with Crippen molar-refractivity contribution in [3.8, 4) is 0 Å². The molecule has 0 aromatic rings. The minimum absolute atomic E-state index is 0.802. The highest BCUT2D eigenvalue weighted by Gasteiger charge is 2.24. The normalized spacial score (nSPS) is 26.1. The highest BCUT2D eigenvalue weighted by Crippen LogP contribution is 2.20. The predicted molar refractivity (Wildman–Crippen MR) is 63.2 cm³/mol. The topological polar surface area (TPSA) is 18.5 Å². The second kappa shape index (κ2) is 6.77. The average Bonchev–Trinajstić information content (AvgIpc) is 2.21. The second-order valence-corrected chi connectivity index (χ2v) is 9.90. The van der Waals surface area contributed by atoms with Crippen molar-refractivity contribution in [1.29, 1.82) is 0 Å². The molecule has 2 nitrogen and oxygen atoms in total. The van der Waals surface area contributed by atoms with E-state index in [1.54, 1.807) is 0 Å². The van der Waals surface area contributed by atoms with E-state index in [2.05, 4.69) is 13.1 Å². The maximum absolute atomic E-state index is 5.60. The van der Waals surface area contributed by atoms with E-state index in [0.29, 0.717) is 0 Å². The third-order valence-electron chi connectivity index (χ3n) is 2.54. The van der Waals surface area contributed by atoms with E-state index < -0.39 is 8.32 Å². The van der Waals surface area contributed by atoms with Gasteiger partial charge >= 0.3 is 0 Å². The molecular formula is C10H22O2Si2. The SMILES string of the molecule is C1CC[Si]OC1.C[Si]1(C)CCCCO1. The van der Waals surface area contributed by atoms with Gasteiger partial charge in [0, 0.05) is 13.2 Å². The molecule has 0 unspecified atom stereocenters. The maximum Gasteiger partial charge on any atom is 0.229 e. The lowest BCUT2D eigenvalue weighted by Gasteiger charge is -2.27. The third-order valence-corrected chi connectivity index (χ3v) is 6.05. The van der Waals surface area contributed by atoms with Crippen molar-refractivity contribution in [2.45, 2.75) is 50.9 Å². The summed E-state index contributed by atoms with van der Waals surface area (Å²) in [5, 5.41) is 0. The summed E-state index contributed by atoms with van der Waals surface area (Å²) in [4.78, 5) is 0. The number of rotatable bonds is 0. The van der Waals surface area contributed by atoms with Gasteiger partial charge in [-0.25, -0.2) is 0 Å². The number of hydrogen-bond acceptors (Lipinski definition) is 2. The quantitative estimate of drug-likeness (QED) is 0.596. The molecule has 0 N–H and O–H groups in total. The van der Waals surface area contributed by atoms with Crippen LogP contribution < -0.4 is 0 Å². The first kappa shape index (κ1) is 12.4. The lowest BCUT2D eigenvalue weighted by atomic mass is 10.4. The Hall–Kier alpha value is 0.354. The highest BCUT2D eigenvalue weighted by molar-refractivity contribution is 6.71. The summed E-state index contributed by atoms with van der Waals surface area (Å²) >= 11 is 0. The van der Waals surface area contributed by atoms with Crippen LogP contribution in [0.25, 0.3) is 0 Å². The van der Waals surface area contributed by atoms with Gasteiger partial charge in [-0.05, 0) is 38.0 Å². The van der Waals surface area contributed by atoms with Crippen LogP contribution in [0, 0.1) is 0 Å². The van der Waals surface area contributed by atoms with Crippen LogP contribution in [0.15, 0.2) is 0 Å². The van der Waals surface area contributed by atoms with Gasteiger partial charge in [-0.1, -0.05) is 12.8 Å². The zero-order valence-electron chi connectivity index (χ0n) is 9.47. The third kappa shape index (κ3) is 5.95. The van der Waals surface area contributed by atoms with Crippen LogP contribution in [0.2, 0.25) is 25.2 Å². The largest absolute Gasteiger partial charge is 0.417 e. The van der Waals surface area contributed by atoms with E-state index in [1.165, 1.54) is 37.8 Å². The Kier molecular flexibility index (Phi) is 6.01. The molecule has 0 aromatic heterocycles. The minimum atomic E-state index is -1.09. The van der Waals surface area contributed by atoms with Crippen LogP contribution in [0.5, 0.6) is 0 Å². The summed E-state index contributed by atoms with van der Waals surface area (Å²) in [6.45, 7) is 6.63. The van der Waals surface area contributed by atoms with Gasteiger partial charge in [0.2, 0.25) is 9.76 Å². The molecule has 4 heteroatoms. The molecule has 0 saturated carbocycles. The molecule has 2 heterocycles. The zero-order valence-corrected chi connectivity index (χ0v) is 11.5. The Morgan fingerprint density at radius 2 is 1.79 bits per heavy atom. The van der Waals surface area contributed by atoms with E-state index in [4.69, 9.17) is 8.85 Å². The first-order valence-corrected chi connectivity index (χ1v) is 9.92. The molecule has 0 atom stereocenters. The summed E-state index contributed by atoms with van der Waals surface area (Å²) in [5.41, 5.74) is 0. The van der Waals surface area contributed by atoms with E-state index in [-0.39, 0.29) is 0 Å². The first-order valence-electron chi connectivity index (χ1n) is 5.69. The van der Waals surface area contributed by atoms with Gasteiger partial charge < -0.3 is 8.85 Å². The molecule has 82 valence electrons. The van der Waals surface area contributed by atoms with Crippen molar-refractivity contribution in [3.63, 3.8) is 0 Å². The molecule has 0 amide bonds. The summed E-state index contributed by atoms with van der Waals surface area (Å²) in [7, 11) is -0.289. The lowest BCUT2D eigenvalue weighted by molar-refractivity contribution is 0.275. The van der Waals surface area contributed by atoms with Crippen LogP contribution in [0.4, 0.5) is 0 Å². The van der Waals surface area contributed by atoms with Crippen LogP contribution in [0.3, 0.4) is 0 Å². The monoisotopic (exact) mass is 230 g/mol. The Balaban J connectivity index is 0.000000146. The molecule has 2 saturated heterocycles. The Labute approximate surface area is 91.4 Å². The second-order valence-electron chi connectivity index (χ2n) is 4.52. The predicted octanol–water partition coefficient (Wildman–Crippen LogP) is 2.84. The average molecular weight is 230 g/mol. The molecule has 0 bridgehead atoms. The van der Waals surface area contributed by atoms with Gasteiger partial charge in [0.15, 0.2) is 8.32 Å². The van der Waals surface area contributed by atoms with E-state index in [9.17, 15) is 0 Å². The summed E-state index contributed by atoms with van der Waals surface area (Å²) < 4.78 is 10.7. The minimum Gasteiger partial charge on any atom is -0.417 e. The van der Waals surface area contributed by atoms with Crippen LogP contribution in [-0.4, -0.2) is 31.3 Å². The molecule has 2 rings (SSSR count). The fourth-order valence-electron chi connectivity index (χ4n) is 1.59. The molecular weight excluding hydrogens is 208 g/mol. The van der Waals surface area contributed by atoms with E-state index in [1.807, 2.05) is 0 Å². The zero-order chi connectivity index (χ0) is 10.3. The summed E-state index contributed by atoms with van der Waals surface area (Å²) in [6.07, 6.45) is 5.36. The molecule has 2 aliphatic heterocycles. The van der Waals surface area contributed by atoms with Gasteiger partial charge in [0.1, 0.15) is 0 Å². The van der Waals surface area contributed by atoms with E-state index >= 15 is 0 Å². The lowest BCUT2D eigenvalue weighted by Crippen LogP contribution is -2.33. The molecule has 2 aliphatic rings. The smallest absolute Gasteiger partial charge is 0.229 e.